The maximum Gasteiger partial charge on any atom is 0.257 e. The number of aryl methyl sites for hydroxylation is 1. The van der Waals surface area contributed by atoms with E-state index < -0.39 is 17.4 Å². The SMILES string of the molecule is Cc1cccc(NC(=O)C2CC(=O)Nc3nc(SCc4ccccc4Cl)[nH]c(=O)c32)c1. The normalized spacial score (nSPS) is 15.2. The highest BCUT2D eigenvalue weighted by Crippen LogP contribution is 2.31. The molecule has 1 aliphatic heterocycles. The lowest BCUT2D eigenvalue weighted by molar-refractivity contribution is -0.123. The molecule has 2 heterocycles. The molecule has 31 heavy (non-hydrogen) atoms. The lowest BCUT2D eigenvalue weighted by atomic mass is 9.92. The molecular formula is C22H19ClN4O3S. The van der Waals surface area contributed by atoms with E-state index in [0.29, 0.717) is 21.6 Å². The van der Waals surface area contributed by atoms with Gasteiger partial charge in [0.1, 0.15) is 5.82 Å². The third kappa shape index (κ3) is 4.81. The number of benzene rings is 2. The van der Waals surface area contributed by atoms with Gasteiger partial charge in [-0.3, -0.25) is 14.4 Å². The Morgan fingerprint density at radius 3 is 2.81 bits per heavy atom. The zero-order chi connectivity index (χ0) is 22.0. The van der Waals surface area contributed by atoms with Crippen LogP contribution >= 0.6 is 23.4 Å². The van der Waals surface area contributed by atoms with Crippen LogP contribution in [0.3, 0.4) is 0 Å². The monoisotopic (exact) mass is 454 g/mol. The Morgan fingerprint density at radius 2 is 2.03 bits per heavy atom. The molecule has 0 bridgehead atoms. The van der Waals surface area contributed by atoms with Gasteiger partial charge in [-0.05, 0) is 36.2 Å². The van der Waals surface area contributed by atoms with Gasteiger partial charge < -0.3 is 15.6 Å². The number of aromatic nitrogens is 2. The number of thioether (sulfide) groups is 1. The second kappa shape index (κ2) is 8.95. The minimum atomic E-state index is -0.928. The van der Waals surface area contributed by atoms with E-state index >= 15 is 0 Å². The van der Waals surface area contributed by atoms with Crippen molar-refractivity contribution >= 4 is 46.7 Å². The number of hydrogen-bond acceptors (Lipinski definition) is 5. The van der Waals surface area contributed by atoms with Crippen molar-refractivity contribution in [2.75, 3.05) is 10.6 Å². The number of halogens is 1. The number of nitrogens with zero attached hydrogens (tertiary/aromatic N) is 1. The average molecular weight is 455 g/mol. The molecule has 2 aromatic carbocycles. The van der Waals surface area contributed by atoms with Crippen LogP contribution in [0.5, 0.6) is 0 Å². The zero-order valence-electron chi connectivity index (χ0n) is 16.6. The third-order valence-electron chi connectivity index (χ3n) is 4.85. The molecule has 0 spiro atoms. The van der Waals surface area contributed by atoms with E-state index in [-0.39, 0.29) is 23.7 Å². The molecule has 158 valence electrons. The molecule has 3 N–H and O–H groups in total. The summed E-state index contributed by atoms with van der Waals surface area (Å²) in [6.07, 6.45) is -0.123. The third-order valence-corrected chi connectivity index (χ3v) is 6.14. The van der Waals surface area contributed by atoms with Gasteiger partial charge in [0.2, 0.25) is 11.8 Å². The molecule has 1 aliphatic rings. The van der Waals surface area contributed by atoms with Gasteiger partial charge in [0, 0.05) is 22.9 Å². The Kier molecular flexibility index (Phi) is 6.11. The number of fused-ring (bicyclic) bond motifs is 1. The standard InChI is InChI=1S/C22H19ClN4O3S/c1-12-5-4-7-14(9-12)24-20(29)15-10-17(28)25-19-18(15)21(30)27-22(26-19)31-11-13-6-2-3-8-16(13)23/h2-9,15H,10-11H2,1H3,(H,24,29)(H2,25,26,27,28,30). The summed E-state index contributed by atoms with van der Waals surface area (Å²) in [7, 11) is 0. The van der Waals surface area contributed by atoms with Gasteiger partial charge in [-0.15, -0.1) is 0 Å². The summed E-state index contributed by atoms with van der Waals surface area (Å²) in [6, 6.07) is 14.7. The molecule has 0 saturated heterocycles. The van der Waals surface area contributed by atoms with E-state index in [4.69, 9.17) is 11.6 Å². The van der Waals surface area contributed by atoms with Crippen LogP contribution in [0.1, 0.15) is 29.0 Å². The van der Waals surface area contributed by atoms with E-state index in [9.17, 15) is 14.4 Å². The van der Waals surface area contributed by atoms with Crippen LogP contribution in [0.2, 0.25) is 5.02 Å². The number of amides is 2. The van der Waals surface area contributed by atoms with Crippen molar-refractivity contribution < 1.29 is 9.59 Å². The van der Waals surface area contributed by atoms with Crippen molar-refractivity contribution in [2.45, 2.75) is 30.2 Å². The molecule has 0 radical (unpaired) electrons. The average Bonchev–Trinajstić information content (AvgIpc) is 2.72. The van der Waals surface area contributed by atoms with Gasteiger partial charge in [-0.1, -0.05) is 53.7 Å². The number of nitrogens with one attached hydrogen (secondary N) is 3. The van der Waals surface area contributed by atoms with Gasteiger partial charge in [0.15, 0.2) is 5.16 Å². The predicted octanol–water partition coefficient (Wildman–Crippen LogP) is 4.09. The van der Waals surface area contributed by atoms with Crippen LogP contribution in [0.15, 0.2) is 58.5 Å². The number of carbonyl (C=O) groups excluding carboxylic acids is 2. The van der Waals surface area contributed by atoms with Gasteiger partial charge in [-0.25, -0.2) is 4.98 Å². The fourth-order valence-electron chi connectivity index (χ4n) is 3.36. The molecule has 9 heteroatoms. The summed E-state index contributed by atoms with van der Waals surface area (Å²) in [5.41, 5.74) is 2.20. The highest BCUT2D eigenvalue weighted by Gasteiger charge is 2.34. The van der Waals surface area contributed by atoms with Gasteiger partial charge in [-0.2, -0.15) is 0 Å². The van der Waals surface area contributed by atoms with Crippen LogP contribution in [0.25, 0.3) is 0 Å². The van der Waals surface area contributed by atoms with Crippen LogP contribution in [-0.4, -0.2) is 21.8 Å². The summed E-state index contributed by atoms with van der Waals surface area (Å²) in [4.78, 5) is 45.0. The fourth-order valence-corrected chi connectivity index (χ4v) is 4.50. The largest absolute Gasteiger partial charge is 0.326 e. The second-order valence-corrected chi connectivity index (χ2v) is 8.55. The van der Waals surface area contributed by atoms with Crippen molar-refractivity contribution in [3.8, 4) is 0 Å². The van der Waals surface area contributed by atoms with Gasteiger partial charge in [0.25, 0.3) is 5.56 Å². The molecule has 7 nitrogen and oxygen atoms in total. The Morgan fingerprint density at radius 1 is 1.23 bits per heavy atom. The lowest BCUT2D eigenvalue weighted by Gasteiger charge is -2.23. The van der Waals surface area contributed by atoms with E-state index in [2.05, 4.69) is 20.6 Å². The lowest BCUT2D eigenvalue weighted by Crippen LogP contribution is -2.36. The summed E-state index contributed by atoms with van der Waals surface area (Å²) in [6.45, 7) is 1.91. The first-order chi connectivity index (χ1) is 14.9. The quantitative estimate of drug-likeness (QED) is 0.398. The minimum Gasteiger partial charge on any atom is -0.326 e. The van der Waals surface area contributed by atoms with Gasteiger partial charge in [0.05, 0.1) is 11.5 Å². The Bertz CT molecular complexity index is 1230. The molecule has 2 amide bonds. The molecular weight excluding hydrogens is 436 g/mol. The predicted molar refractivity (Wildman–Crippen MR) is 122 cm³/mol. The van der Waals surface area contributed by atoms with Crippen molar-refractivity contribution in [2.24, 2.45) is 0 Å². The van der Waals surface area contributed by atoms with Crippen LogP contribution in [0.4, 0.5) is 11.5 Å². The molecule has 4 rings (SSSR count). The van der Waals surface area contributed by atoms with Crippen LogP contribution in [0, 0.1) is 6.92 Å². The van der Waals surface area contributed by atoms with E-state index in [1.165, 1.54) is 11.8 Å². The van der Waals surface area contributed by atoms with Crippen LogP contribution in [-0.2, 0) is 15.3 Å². The summed E-state index contributed by atoms with van der Waals surface area (Å²) in [5.74, 6) is -1.11. The highest BCUT2D eigenvalue weighted by molar-refractivity contribution is 7.98. The molecule has 3 aromatic rings. The van der Waals surface area contributed by atoms with E-state index in [1.54, 1.807) is 12.1 Å². The summed E-state index contributed by atoms with van der Waals surface area (Å²) in [5, 5.41) is 6.37. The Balaban J connectivity index is 1.58. The highest BCUT2D eigenvalue weighted by atomic mass is 35.5. The molecule has 0 saturated carbocycles. The van der Waals surface area contributed by atoms with Crippen molar-refractivity contribution in [1.29, 1.82) is 0 Å². The summed E-state index contributed by atoms with van der Waals surface area (Å²) < 4.78 is 0. The molecule has 1 atom stereocenters. The first-order valence-electron chi connectivity index (χ1n) is 9.58. The van der Waals surface area contributed by atoms with Crippen molar-refractivity contribution in [3.63, 3.8) is 0 Å². The van der Waals surface area contributed by atoms with E-state index in [0.717, 1.165) is 11.1 Å². The second-order valence-electron chi connectivity index (χ2n) is 7.18. The molecule has 1 aromatic heterocycles. The first-order valence-corrected chi connectivity index (χ1v) is 10.9. The van der Waals surface area contributed by atoms with Crippen LogP contribution < -0.4 is 16.2 Å². The maximum atomic E-state index is 12.9. The minimum absolute atomic E-state index is 0.117. The molecule has 1 unspecified atom stereocenters. The number of hydrogen-bond donors (Lipinski definition) is 3. The number of carbonyl (C=O) groups is 2. The topological polar surface area (TPSA) is 104 Å². The number of anilines is 2. The maximum absolute atomic E-state index is 12.9. The number of H-pyrrole nitrogens is 1. The smallest absolute Gasteiger partial charge is 0.257 e. The van der Waals surface area contributed by atoms with E-state index in [1.807, 2.05) is 43.3 Å². The van der Waals surface area contributed by atoms with Crippen molar-refractivity contribution in [1.82, 2.24) is 9.97 Å². The number of aromatic amines is 1. The first kappa shape index (κ1) is 21.1. The Labute approximate surface area is 187 Å². The summed E-state index contributed by atoms with van der Waals surface area (Å²) >= 11 is 7.47. The molecule has 0 fully saturated rings. The number of rotatable bonds is 5. The fraction of sp³-hybridized carbons (Fsp3) is 0.182. The van der Waals surface area contributed by atoms with Gasteiger partial charge >= 0.3 is 0 Å². The molecule has 0 aliphatic carbocycles. The Hall–Kier alpha value is -3.10. The zero-order valence-corrected chi connectivity index (χ0v) is 18.1. The van der Waals surface area contributed by atoms with Crippen molar-refractivity contribution in [3.05, 3.63) is 80.6 Å².